The first-order valence-electron chi connectivity index (χ1n) is 4.39. The molecule has 0 heterocycles. The topological polar surface area (TPSA) is 47.3 Å². The number of hydrogen-bond acceptors (Lipinski definition) is 3. The van der Waals surface area contributed by atoms with Crippen molar-refractivity contribution in [1.82, 2.24) is 4.90 Å². The molecule has 3 heteroatoms. The van der Waals surface area contributed by atoms with Crippen LogP contribution in [0.5, 0.6) is 0 Å². The Morgan fingerprint density at radius 2 is 2.17 bits per heavy atom. The zero-order valence-corrected chi connectivity index (χ0v) is 7.95. The van der Waals surface area contributed by atoms with Crippen LogP contribution in [0.15, 0.2) is 0 Å². The van der Waals surface area contributed by atoms with Gasteiger partial charge in [-0.15, -0.1) is 0 Å². The highest BCUT2D eigenvalue weighted by Crippen LogP contribution is 1.97. The lowest BCUT2D eigenvalue weighted by atomic mass is 10.2. The molecule has 0 amide bonds. The van der Waals surface area contributed by atoms with Crippen LogP contribution in [0.25, 0.3) is 0 Å². The van der Waals surface area contributed by atoms with Gasteiger partial charge in [0.25, 0.3) is 0 Å². The second-order valence-corrected chi connectivity index (χ2v) is 3.22. The van der Waals surface area contributed by atoms with Gasteiger partial charge in [-0.3, -0.25) is 0 Å². The van der Waals surface area contributed by atoms with Gasteiger partial charge < -0.3 is 10.0 Å². The molecule has 0 aliphatic heterocycles. The molecule has 12 heavy (non-hydrogen) atoms. The number of rotatable bonds is 6. The molecule has 1 N–H and O–H groups in total. The Bertz CT molecular complexity index is 142. The standard InChI is InChI=1S/C9H18N2O/c1-9(7-10)8-11(2)5-3-4-6-12/h9,12H,3-6,8H2,1-2H3. The molecule has 0 radical (unpaired) electrons. The molecule has 1 unspecified atom stereocenters. The first-order valence-corrected chi connectivity index (χ1v) is 4.39. The van der Waals surface area contributed by atoms with Crippen LogP contribution < -0.4 is 0 Å². The summed E-state index contributed by atoms with van der Waals surface area (Å²) >= 11 is 0. The van der Waals surface area contributed by atoms with E-state index in [2.05, 4.69) is 11.0 Å². The van der Waals surface area contributed by atoms with Crippen molar-refractivity contribution >= 4 is 0 Å². The fourth-order valence-electron chi connectivity index (χ4n) is 1.09. The molecule has 0 rings (SSSR count). The fraction of sp³-hybridized carbons (Fsp3) is 0.889. The number of hydrogen-bond donors (Lipinski definition) is 1. The third-order valence-electron chi connectivity index (χ3n) is 1.75. The Morgan fingerprint density at radius 1 is 1.50 bits per heavy atom. The van der Waals surface area contributed by atoms with Gasteiger partial charge in [-0.1, -0.05) is 0 Å². The number of aliphatic hydroxyl groups is 1. The molecule has 0 saturated carbocycles. The van der Waals surface area contributed by atoms with E-state index in [1.807, 2.05) is 14.0 Å². The minimum Gasteiger partial charge on any atom is -0.396 e. The molecular formula is C9H18N2O. The first-order chi connectivity index (χ1) is 5.70. The molecule has 0 saturated heterocycles. The Balaban J connectivity index is 3.34. The van der Waals surface area contributed by atoms with Gasteiger partial charge in [0.2, 0.25) is 0 Å². The van der Waals surface area contributed by atoms with Gasteiger partial charge >= 0.3 is 0 Å². The maximum Gasteiger partial charge on any atom is 0.0666 e. The minimum atomic E-state index is 0.101. The van der Waals surface area contributed by atoms with Crippen LogP contribution >= 0.6 is 0 Å². The van der Waals surface area contributed by atoms with E-state index >= 15 is 0 Å². The molecule has 0 aliphatic carbocycles. The van der Waals surface area contributed by atoms with Crippen LogP contribution in [-0.4, -0.2) is 36.8 Å². The summed E-state index contributed by atoms with van der Waals surface area (Å²) < 4.78 is 0. The summed E-state index contributed by atoms with van der Waals surface area (Å²) in [6.45, 7) is 3.97. The van der Waals surface area contributed by atoms with Crippen molar-refractivity contribution in [1.29, 1.82) is 5.26 Å². The van der Waals surface area contributed by atoms with Crippen LogP contribution in [0.2, 0.25) is 0 Å². The molecule has 0 aromatic carbocycles. The maximum atomic E-state index is 8.54. The Labute approximate surface area is 74.6 Å². The highest BCUT2D eigenvalue weighted by Gasteiger charge is 2.03. The van der Waals surface area contributed by atoms with E-state index in [-0.39, 0.29) is 12.5 Å². The van der Waals surface area contributed by atoms with Gasteiger partial charge in [-0.05, 0) is 33.4 Å². The lowest BCUT2D eigenvalue weighted by Crippen LogP contribution is -2.25. The normalized spacial score (nSPS) is 12.9. The zero-order valence-electron chi connectivity index (χ0n) is 7.95. The van der Waals surface area contributed by atoms with Gasteiger partial charge in [0.1, 0.15) is 0 Å². The van der Waals surface area contributed by atoms with Crippen molar-refractivity contribution in [3.63, 3.8) is 0 Å². The summed E-state index contributed by atoms with van der Waals surface area (Å²) in [6, 6.07) is 2.20. The van der Waals surface area contributed by atoms with Crippen molar-refractivity contribution in [3.05, 3.63) is 0 Å². The van der Waals surface area contributed by atoms with E-state index in [9.17, 15) is 0 Å². The van der Waals surface area contributed by atoms with Crippen LogP contribution in [0.3, 0.4) is 0 Å². The van der Waals surface area contributed by atoms with E-state index in [0.717, 1.165) is 25.9 Å². The number of nitriles is 1. The molecule has 3 nitrogen and oxygen atoms in total. The monoisotopic (exact) mass is 170 g/mol. The molecule has 0 fully saturated rings. The third-order valence-corrected chi connectivity index (χ3v) is 1.75. The lowest BCUT2D eigenvalue weighted by Gasteiger charge is -2.16. The maximum absolute atomic E-state index is 8.54. The van der Waals surface area contributed by atoms with E-state index in [1.54, 1.807) is 0 Å². The Morgan fingerprint density at radius 3 is 2.67 bits per heavy atom. The van der Waals surface area contributed by atoms with Crippen molar-refractivity contribution in [2.75, 3.05) is 26.7 Å². The van der Waals surface area contributed by atoms with Gasteiger partial charge in [0.05, 0.1) is 12.0 Å². The van der Waals surface area contributed by atoms with Gasteiger partial charge in [-0.25, -0.2) is 0 Å². The van der Waals surface area contributed by atoms with Gasteiger partial charge in [0, 0.05) is 13.2 Å². The average Bonchev–Trinajstić information content (AvgIpc) is 2.05. The van der Waals surface area contributed by atoms with Gasteiger partial charge in [-0.2, -0.15) is 5.26 Å². The van der Waals surface area contributed by atoms with Crippen molar-refractivity contribution < 1.29 is 5.11 Å². The van der Waals surface area contributed by atoms with E-state index in [0.29, 0.717) is 0 Å². The van der Waals surface area contributed by atoms with Gasteiger partial charge in [0.15, 0.2) is 0 Å². The predicted molar refractivity (Wildman–Crippen MR) is 48.6 cm³/mol. The highest BCUT2D eigenvalue weighted by molar-refractivity contribution is 4.80. The minimum absolute atomic E-state index is 0.101. The number of aliphatic hydroxyl groups excluding tert-OH is 1. The quantitative estimate of drug-likeness (QED) is 0.601. The molecule has 1 atom stereocenters. The van der Waals surface area contributed by atoms with E-state index in [4.69, 9.17) is 10.4 Å². The Hall–Kier alpha value is -0.590. The number of unbranched alkanes of at least 4 members (excludes halogenated alkanes) is 1. The van der Waals surface area contributed by atoms with E-state index in [1.165, 1.54) is 0 Å². The summed E-state index contributed by atoms with van der Waals surface area (Å²) in [4.78, 5) is 2.13. The molecule has 70 valence electrons. The lowest BCUT2D eigenvalue weighted by molar-refractivity contribution is 0.258. The van der Waals surface area contributed by atoms with Crippen LogP contribution in [0.1, 0.15) is 19.8 Å². The summed E-state index contributed by atoms with van der Waals surface area (Å²) in [5.41, 5.74) is 0. The molecule has 0 spiro atoms. The Kier molecular flexibility index (Phi) is 6.73. The van der Waals surface area contributed by atoms with Crippen LogP contribution in [-0.2, 0) is 0 Å². The molecule has 0 aromatic heterocycles. The third kappa shape index (κ3) is 6.14. The largest absolute Gasteiger partial charge is 0.396 e. The fourth-order valence-corrected chi connectivity index (χ4v) is 1.09. The summed E-state index contributed by atoms with van der Waals surface area (Å²) in [7, 11) is 2.01. The second kappa shape index (κ2) is 7.08. The average molecular weight is 170 g/mol. The van der Waals surface area contributed by atoms with Crippen LogP contribution in [0, 0.1) is 17.2 Å². The summed E-state index contributed by atoms with van der Waals surface area (Å²) in [6.07, 6.45) is 1.86. The summed E-state index contributed by atoms with van der Waals surface area (Å²) in [5.74, 6) is 0.101. The van der Waals surface area contributed by atoms with Crippen molar-refractivity contribution in [2.24, 2.45) is 5.92 Å². The predicted octanol–water partition coefficient (Wildman–Crippen LogP) is 0.850. The van der Waals surface area contributed by atoms with Crippen molar-refractivity contribution in [3.8, 4) is 6.07 Å². The smallest absolute Gasteiger partial charge is 0.0666 e. The molecule has 0 aliphatic rings. The van der Waals surface area contributed by atoms with Crippen molar-refractivity contribution in [2.45, 2.75) is 19.8 Å². The van der Waals surface area contributed by atoms with Crippen LogP contribution in [0.4, 0.5) is 0 Å². The second-order valence-electron chi connectivity index (χ2n) is 3.22. The molecule has 0 bridgehead atoms. The van der Waals surface area contributed by atoms with E-state index < -0.39 is 0 Å². The highest BCUT2D eigenvalue weighted by atomic mass is 16.2. The SMILES string of the molecule is CC(C#N)CN(C)CCCCO. The first kappa shape index (κ1) is 11.4. The zero-order chi connectivity index (χ0) is 9.40. The summed E-state index contributed by atoms with van der Waals surface area (Å²) in [5, 5.41) is 17.1. The molecule has 0 aromatic rings. The number of nitrogens with zero attached hydrogens (tertiary/aromatic N) is 2. The molecular weight excluding hydrogens is 152 g/mol.